The van der Waals surface area contributed by atoms with Gasteiger partial charge < -0.3 is 14.6 Å². The number of carboxylic acid groups (broad SMARTS) is 1. The van der Waals surface area contributed by atoms with Crippen LogP contribution >= 0.6 is 0 Å². The second-order valence-corrected chi connectivity index (χ2v) is 4.63. The molecule has 0 fully saturated rings. The summed E-state index contributed by atoms with van der Waals surface area (Å²) in [6.07, 6.45) is 0. The second kappa shape index (κ2) is 6.52. The molecule has 0 aliphatic carbocycles. The number of aromatic carboxylic acids is 1. The van der Waals surface area contributed by atoms with Gasteiger partial charge in [-0.1, -0.05) is 13.8 Å². The zero-order chi connectivity index (χ0) is 14.6. The van der Waals surface area contributed by atoms with Gasteiger partial charge in [0.05, 0.1) is 0 Å². The Bertz CT molecular complexity index is 516. The van der Waals surface area contributed by atoms with E-state index in [1.165, 1.54) is 0 Å². The molecule has 1 aromatic rings. The largest absolute Gasteiger partial charge is 0.477 e. The third kappa shape index (κ3) is 3.44. The molecule has 0 aliphatic rings. The normalized spacial score (nSPS) is 11.0. The minimum atomic E-state index is -1.15. The Morgan fingerprint density at radius 1 is 1.32 bits per heavy atom. The molecule has 5 heteroatoms. The maximum atomic E-state index is 12.2. The molecular weight excluding hydrogens is 244 g/mol. The molecule has 5 nitrogen and oxygen atoms in total. The fourth-order valence-corrected chi connectivity index (χ4v) is 2.25. The predicted molar refractivity (Wildman–Crippen MR) is 74.9 cm³/mol. The highest BCUT2D eigenvalue weighted by molar-refractivity contribution is 5.88. The first-order chi connectivity index (χ1) is 8.92. The van der Waals surface area contributed by atoms with Crippen molar-refractivity contribution in [2.75, 3.05) is 19.6 Å². The van der Waals surface area contributed by atoms with Gasteiger partial charge in [-0.2, -0.15) is 0 Å². The summed E-state index contributed by atoms with van der Waals surface area (Å²) in [5, 5.41) is 9.11. The number of likely N-dealkylation sites (N-methyl/N-ethyl adjacent to an activating group) is 1. The molecule has 0 saturated carbocycles. The van der Waals surface area contributed by atoms with Gasteiger partial charge in [-0.05, 0) is 38.6 Å². The van der Waals surface area contributed by atoms with E-state index in [2.05, 4.69) is 18.7 Å². The highest BCUT2D eigenvalue weighted by atomic mass is 16.4. The van der Waals surface area contributed by atoms with Gasteiger partial charge in [0.15, 0.2) is 0 Å². The minimum Gasteiger partial charge on any atom is -0.477 e. The van der Waals surface area contributed by atoms with Gasteiger partial charge in [-0.3, -0.25) is 4.79 Å². The number of pyridine rings is 1. The van der Waals surface area contributed by atoms with E-state index >= 15 is 0 Å². The van der Waals surface area contributed by atoms with E-state index in [1.54, 1.807) is 17.6 Å². The number of carboxylic acids is 1. The standard InChI is InChI=1S/C14H22N2O3/c1-5-15(6-2)7-8-16-11(4)9-10(3)12(13(16)17)14(18)19/h9H,5-8H2,1-4H3,(H,18,19). The first-order valence-corrected chi connectivity index (χ1v) is 6.59. The average Bonchev–Trinajstić information content (AvgIpc) is 2.32. The third-order valence-corrected chi connectivity index (χ3v) is 3.45. The van der Waals surface area contributed by atoms with Crippen LogP contribution in [0.3, 0.4) is 0 Å². The highest BCUT2D eigenvalue weighted by Gasteiger charge is 2.16. The Hall–Kier alpha value is -1.62. The van der Waals surface area contributed by atoms with Gasteiger partial charge in [0.2, 0.25) is 0 Å². The van der Waals surface area contributed by atoms with Gasteiger partial charge >= 0.3 is 5.97 Å². The molecule has 1 N–H and O–H groups in total. The number of aromatic nitrogens is 1. The van der Waals surface area contributed by atoms with Crippen LogP contribution in [0.1, 0.15) is 35.5 Å². The molecule has 1 heterocycles. The molecular formula is C14H22N2O3. The number of nitrogens with zero attached hydrogens (tertiary/aromatic N) is 2. The van der Waals surface area contributed by atoms with E-state index in [0.29, 0.717) is 12.1 Å². The molecule has 0 radical (unpaired) electrons. The van der Waals surface area contributed by atoms with Gasteiger partial charge in [0.1, 0.15) is 5.56 Å². The van der Waals surface area contributed by atoms with E-state index in [9.17, 15) is 9.59 Å². The summed E-state index contributed by atoms with van der Waals surface area (Å²) in [6.45, 7) is 10.7. The third-order valence-electron chi connectivity index (χ3n) is 3.45. The van der Waals surface area contributed by atoms with Gasteiger partial charge in [0.25, 0.3) is 5.56 Å². The quantitative estimate of drug-likeness (QED) is 0.847. The summed E-state index contributed by atoms with van der Waals surface area (Å²) in [5.41, 5.74) is 0.802. The van der Waals surface area contributed by atoms with Crippen molar-refractivity contribution < 1.29 is 9.90 Å². The van der Waals surface area contributed by atoms with Crippen LogP contribution in [-0.4, -0.2) is 40.2 Å². The predicted octanol–water partition coefficient (Wildman–Crippen LogP) is 1.51. The molecule has 19 heavy (non-hydrogen) atoms. The van der Waals surface area contributed by atoms with Crippen LogP contribution in [0.15, 0.2) is 10.9 Å². The lowest BCUT2D eigenvalue weighted by atomic mass is 10.1. The Kier molecular flexibility index (Phi) is 5.30. The van der Waals surface area contributed by atoms with Crippen LogP contribution < -0.4 is 5.56 Å². The van der Waals surface area contributed by atoms with Crippen LogP contribution in [0.2, 0.25) is 0 Å². The van der Waals surface area contributed by atoms with Crippen molar-refractivity contribution in [1.29, 1.82) is 0 Å². The molecule has 0 aliphatic heterocycles. The Morgan fingerprint density at radius 3 is 2.37 bits per heavy atom. The number of hydrogen-bond donors (Lipinski definition) is 1. The summed E-state index contributed by atoms with van der Waals surface area (Å²) in [4.78, 5) is 25.5. The zero-order valence-corrected chi connectivity index (χ0v) is 12.1. The second-order valence-electron chi connectivity index (χ2n) is 4.63. The van der Waals surface area contributed by atoms with Gasteiger partial charge in [0, 0.05) is 18.8 Å². The Morgan fingerprint density at radius 2 is 1.89 bits per heavy atom. The average molecular weight is 266 g/mol. The van der Waals surface area contributed by atoms with Crippen molar-refractivity contribution in [2.45, 2.75) is 34.2 Å². The SMILES string of the molecule is CCN(CC)CCn1c(C)cc(C)c(C(=O)O)c1=O. The molecule has 0 aromatic carbocycles. The summed E-state index contributed by atoms with van der Waals surface area (Å²) in [5.74, 6) is -1.15. The van der Waals surface area contributed by atoms with Crippen LogP contribution in [0, 0.1) is 13.8 Å². The number of carbonyl (C=O) groups is 1. The van der Waals surface area contributed by atoms with Crippen molar-refractivity contribution in [1.82, 2.24) is 9.47 Å². The van der Waals surface area contributed by atoms with Crippen molar-refractivity contribution in [3.63, 3.8) is 0 Å². The van der Waals surface area contributed by atoms with E-state index in [0.717, 1.165) is 25.3 Å². The Balaban J connectivity index is 3.11. The van der Waals surface area contributed by atoms with Crippen LogP contribution in [0.5, 0.6) is 0 Å². The summed E-state index contributed by atoms with van der Waals surface area (Å²) in [6, 6.07) is 1.76. The molecule has 0 saturated heterocycles. The summed E-state index contributed by atoms with van der Waals surface area (Å²) >= 11 is 0. The molecule has 0 bridgehead atoms. The molecule has 1 aromatic heterocycles. The highest BCUT2D eigenvalue weighted by Crippen LogP contribution is 2.06. The topological polar surface area (TPSA) is 62.5 Å². The molecule has 0 atom stereocenters. The van der Waals surface area contributed by atoms with E-state index < -0.39 is 11.5 Å². The van der Waals surface area contributed by atoms with Crippen LogP contribution in [0.4, 0.5) is 0 Å². The monoisotopic (exact) mass is 266 g/mol. The smallest absolute Gasteiger partial charge is 0.341 e. The molecule has 0 unspecified atom stereocenters. The van der Waals surface area contributed by atoms with Gasteiger partial charge in [-0.15, -0.1) is 0 Å². The van der Waals surface area contributed by atoms with E-state index in [4.69, 9.17) is 5.11 Å². The number of rotatable bonds is 6. The first-order valence-electron chi connectivity index (χ1n) is 6.59. The van der Waals surface area contributed by atoms with Crippen molar-refractivity contribution in [3.8, 4) is 0 Å². The summed E-state index contributed by atoms with van der Waals surface area (Å²) < 4.78 is 1.55. The molecule has 106 valence electrons. The Labute approximate surface area is 113 Å². The number of aryl methyl sites for hydroxylation is 2. The molecule has 0 amide bonds. The van der Waals surface area contributed by atoms with Crippen molar-refractivity contribution >= 4 is 5.97 Å². The van der Waals surface area contributed by atoms with Crippen molar-refractivity contribution in [2.24, 2.45) is 0 Å². The van der Waals surface area contributed by atoms with Crippen molar-refractivity contribution in [3.05, 3.63) is 33.2 Å². The maximum Gasteiger partial charge on any atom is 0.341 e. The maximum absolute atomic E-state index is 12.2. The molecule has 0 spiro atoms. The molecule has 1 rings (SSSR count). The zero-order valence-electron chi connectivity index (χ0n) is 12.1. The lowest BCUT2D eigenvalue weighted by Crippen LogP contribution is -2.34. The first kappa shape index (κ1) is 15.4. The van der Waals surface area contributed by atoms with Gasteiger partial charge in [-0.25, -0.2) is 4.79 Å². The van der Waals surface area contributed by atoms with E-state index in [1.807, 2.05) is 6.92 Å². The fourth-order valence-electron chi connectivity index (χ4n) is 2.25. The lowest BCUT2D eigenvalue weighted by molar-refractivity contribution is 0.0693. The van der Waals surface area contributed by atoms with E-state index in [-0.39, 0.29) is 5.56 Å². The van der Waals surface area contributed by atoms with Crippen LogP contribution in [-0.2, 0) is 6.54 Å². The lowest BCUT2D eigenvalue weighted by Gasteiger charge is -2.20. The minimum absolute atomic E-state index is 0.120. The number of hydrogen-bond acceptors (Lipinski definition) is 3. The summed E-state index contributed by atoms with van der Waals surface area (Å²) in [7, 11) is 0. The van der Waals surface area contributed by atoms with Crippen LogP contribution in [0.25, 0.3) is 0 Å². The fraction of sp³-hybridized carbons (Fsp3) is 0.571.